The number of nitrogens with one attached hydrogen (secondary N) is 1. The summed E-state index contributed by atoms with van der Waals surface area (Å²) in [7, 11) is 0. The summed E-state index contributed by atoms with van der Waals surface area (Å²) in [5, 5.41) is 7.23. The van der Waals surface area contributed by atoms with Gasteiger partial charge in [0.25, 0.3) is 0 Å². The fourth-order valence-corrected chi connectivity index (χ4v) is 4.57. The van der Waals surface area contributed by atoms with Crippen LogP contribution in [0.4, 0.5) is 0 Å². The highest BCUT2D eigenvalue weighted by molar-refractivity contribution is 7.99. The molecule has 1 N–H and O–H groups in total. The maximum atomic E-state index is 4.86. The molecule has 3 rings (SSSR count). The van der Waals surface area contributed by atoms with Gasteiger partial charge >= 0.3 is 0 Å². The van der Waals surface area contributed by atoms with Crippen molar-refractivity contribution in [2.24, 2.45) is 0 Å². The third-order valence-corrected chi connectivity index (χ3v) is 5.61. The number of thiazole rings is 1. The predicted molar refractivity (Wildman–Crippen MR) is 71.4 cm³/mol. The van der Waals surface area contributed by atoms with Gasteiger partial charge < -0.3 is 5.32 Å². The van der Waals surface area contributed by atoms with Crippen molar-refractivity contribution < 1.29 is 0 Å². The molecule has 1 saturated carbocycles. The Morgan fingerprint density at radius 3 is 2.94 bits per heavy atom. The van der Waals surface area contributed by atoms with E-state index >= 15 is 0 Å². The summed E-state index contributed by atoms with van der Waals surface area (Å²) in [5.74, 6) is 3.21. The van der Waals surface area contributed by atoms with E-state index in [0.29, 0.717) is 6.04 Å². The molecule has 1 saturated heterocycles. The summed E-state index contributed by atoms with van der Waals surface area (Å²) in [6, 6.07) is 0.505. The van der Waals surface area contributed by atoms with Crippen LogP contribution in [0.15, 0.2) is 5.38 Å². The van der Waals surface area contributed by atoms with Crippen molar-refractivity contribution in [1.82, 2.24) is 10.3 Å². The summed E-state index contributed by atoms with van der Waals surface area (Å²) in [6.45, 7) is 1.13. The number of thioether (sulfide) groups is 1. The lowest BCUT2D eigenvalue weighted by molar-refractivity contribution is 0.579. The molecule has 1 aromatic heterocycles. The third-order valence-electron chi connectivity index (χ3n) is 3.52. The molecule has 2 aliphatic rings. The Balaban J connectivity index is 1.71. The minimum absolute atomic E-state index is 0.505. The lowest BCUT2D eigenvalue weighted by Crippen LogP contribution is -2.30. The minimum Gasteiger partial charge on any atom is -0.307 e. The smallest absolute Gasteiger partial charge is 0.0959 e. The molecular formula is C12H18N2S2. The molecule has 2 nitrogen and oxygen atoms in total. The fraction of sp³-hybridized carbons (Fsp3) is 0.750. The van der Waals surface area contributed by atoms with Crippen molar-refractivity contribution in [3.05, 3.63) is 16.1 Å². The standard InChI is InChI=1S/C12H18N2S2/c1-2-4-9(3-1)12-14-11(8-16-12)10-7-15-6-5-13-10/h8-10,13H,1-7H2. The number of aromatic nitrogens is 1. The van der Waals surface area contributed by atoms with Crippen molar-refractivity contribution >= 4 is 23.1 Å². The maximum Gasteiger partial charge on any atom is 0.0959 e. The molecule has 16 heavy (non-hydrogen) atoms. The van der Waals surface area contributed by atoms with Gasteiger partial charge in [-0.15, -0.1) is 11.3 Å². The van der Waals surface area contributed by atoms with Crippen LogP contribution in [0, 0.1) is 0 Å². The molecule has 1 unspecified atom stereocenters. The molecule has 1 atom stereocenters. The lowest BCUT2D eigenvalue weighted by atomic mass is 10.1. The van der Waals surface area contributed by atoms with E-state index in [1.165, 1.54) is 47.9 Å². The Morgan fingerprint density at radius 2 is 2.19 bits per heavy atom. The van der Waals surface area contributed by atoms with Gasteiger partial charge in [0.05, 0.1) is 16.7 Å². The summed E-state index contributed by atoms with van der Waals surface area (Å²) < 4.78 is 0. The zero-order chi connectivity index (χ0) is 10.8. The molecule has 1 aliphatic carbocycles. The van der Waals surface area contributed by atoms with Gasteiger partial charge in [-0.3, -0.25) is 0 Å². The van der Waals surface area contributed by atoms with E-state index in [-0.39, 0.29) is 0 Å². The summed E-state index contributed by atoms with van der Waals surface area (Å²) in [5.41, 5.74) is 1.29. The second kappa shape index (κ2) is 5.07. The van der Waals surface area contributed by atoms with E-state index in [4.69, 9.17) is 4.98 Å². The van der Waals surface area contributed by atoms with Crippen molar-refractivity contribution in [3.63, 3.8) is 0 Å². The van der Waals surface area contributed by atoms with Crippen molar-refractivity contribution in [2.45, 2.75) is 37.6 Å². The van der Waals surface area contributed by atoms with Crippen molar-refractivity contribution in [1.29, 1.82) is 0 Å². The highest BCUT2D eigenvalue weighted by Gasteiger charge is 2.23. The summed E-state index contributed by atoms with van der Waals surface area (Å²) in [6.07, 6.45) is 5.52. The first-order valence-electron chi connectivity index (χ1n) is 6.20. The monoisotopic (exact) mass is 254 g/mol. The first-order valence-corrected chi connectivity index (χ1v) is 8.23. The predicted octanol–water partition coefficient (Wildman–Crippen LogP) is 3.18. The molecule has 0 amide bonds. The lowest BCUT2D eigenvalue weighted by Gasteiger charge is -2.21. The van der Waals surface area contributed by atoms with Crippen molar-refractivity contribution in [2.75, 3.05) is 18.1 Å². The molecule has 0 aromatic carbocycles. The van der Waals surface area contributed by atoms with Gasteiger partial charge in [0, 0.05) is 29.3 Å². The molecule has 1 aromatic rings. The Labute approximate surface area is 105 Å². The van der Waals surface area contributed by atoms with E-state index in [9.17, 15) is 0 Å². The Morgan fingerprint density at radius 1 is 1.31 bits per heavy atom. The van der Waals surface area contributed by atoms with E-state index in [1.54, 1.807) is 0 Å². The third kappa shape index (κ3) is 2.29. The fourth-order valence-electron chi connectivity index (χ4n) is 2.58. The Hall–Kier alpha value is -0.0600. The van der Waals surface area contributed by atoms with Gasteiger partial charge in [-0.2, -0.15) is 11.8 Å². The van der Waals surface area contributed by atoms with Crippen LogP contribution in [0.3, 0.4) is 0 Å². The van der Waals surface area contributed by atoms with E-state index in [0.717, 1.165) is 12.5 Å². The number of nitrogens with zero attached hydrogens (tertiary/aromatic N) is 1. The zero-order valence-electron chi connectivity index (χ0n) is 9.45. The van der Waals surface area contributed by atoms with Gasteiger partial charge in [0.15, 0.2) is 0 Å². The quantitative estimate of drug-likeness (QED) is 0.877. The minimum atomic E-state index is 0.505. The Kier molecular flexibility index (Phi) is 3.50. The average molecular weight is 254 g/mol. The first-order chi connectivity index (χ1) is 7.93. The van der Waals surface area contributed by atoms with E-state index < -0.39 is 0 Å². The number of hydrogen-bond donors (Lipinski definition) is 1. The van der Waals surface area contributed by atoms with Crippen LogP contribution in [-0.4, -0.2) is 23.0 Å². The second-order valence-electron chi connectivity index (χ2n) is 4.67. The van der Waals surface area contributed by atoms with Gasteiger partial charge in [-0.1, -0.05) is 12.8 Å². The first kappa shape index (κ1) is 11.1. The van der Waals surface area contributed by atoms with Gasteiger partial charge in [-0.25, -0.2) is 4.98 Å². The SMILES string of the molecule is c1sc(C2CCCC2)nc1C1CSCCN1. The average Bonchev–Trinajstić information content (AvgIpc) is 3.01. The number of rotatable bonds is 2. The molecule has 2 heterocycles. The van der Waals surface area contributed by atoms with Crippen LogP contribution in [-0.2, 0) is 0 Å². The molecule has 0 spiro atoms. The summed E-state index contributed by atoms with van der Waals surface area (Å²) >= 11 is 3.92. The molecule has 0 bridgehead atoms. The van der Waals surface area contributed by atoms with Crippen LogP contribution < -0.4 is 5.32 Å². The number of hydrogen-bond acceptors (Lipinski definition) is 4. The van der Waals surface area contributed by atoms with Crippen LogP contribution in [0.25, 0.3) is 0 Å². The molecule has 1 aliphatic heterocycles. The molecule has 0 radical (unpaired) electrons. The van der Waals surface area contributed by atoms with E-state index in [2.05, 4.69) is 10.7 Å². The highest BCUT2D eigenvalue weighted by Crippen LogP contribution is 2.36. The molecule has 88 valence electrons. The zero-order valence-corrected chi connectivity index (χ0v) is 11.1. The topological polar surface area (TPSA) is 24.9 Å². The van der Waals surface area contributed by atoms with E-state index in [1.807, 2.05) is 23.1 Å². The van der Waals surface area contributed by atoms with Crippen LogP contribution in [0.2, 0.25) is 0 Å². The highest BCUT2D eigenvalue weighted by atomic mass is 32.2. The van der Waals surface area contributed by atoms with Crippen LogP contribution in [0.5, 0.6) is 0 Å². The molecule has 2 fully saturated rings. The second-order valence-corrected chi connectivity index (χ2v) is 6.71. The Bertz CT molecular complexity index is 339. The van der Waals surface area contributed by atoms with Gasteiger partial charge in [0.1, 0.15) is 0 Å². The molecular weight excluding hydrogens is 236 g/mol. The van der Waals surface area contributed by atoms with Crippen LogP contribution >= 0.6 is 23.1 Å². The van der Waals surface area contributed by atoms with Crippen molar-refractivity contribution in [3.8, 4) is 0 Å². The largest absolute Gasteiger partial charge is 0.307 e. The van der Waals surface area contributed by atoms with Crippen LogP contribution in [0.1, 0.15) is 48.3 Å². The van der Waals surface area contributed by atoms with Gasteiger partial charge in [-0.05, 0) is 12.8 Å². The normalized spacial score (nSPS) is 27.4. The molecule has 4 heteroatoms. The van der Waals surface area contributed by atoms with Gasteiger partial charge in [0.2, 0.25) is 0 Å². The summed E-state index contributed by atoms with van der Waals surface area (Å²) in [4.78, 5) is 4.86. The maximum absolute atomic E-state index is 4.86.